The number of ketones is 1. The van der Waals surface area contributed by atoms with Gasteiger partial charge >= 0.3 is 0 Å². The van der Waals surface area contributed by atoms with Crippen molar-refractivity contribution < 1.29 is 9.18 Å². The lowest BCUT2D eigenvalue weighted by molar-refractivity contribution is -0.125. The summed E-state index contributed by atoms with van der Waals surface area (Å²) in [6.45, 7) is 8.08. The van der Waals surface area contributed by atoms with Gasteiger partial charge in [0.15, 0.2) is 0 Å². The van der Waals surface area contributed by atoms with Crippen LogP contribution in [0.25, 0.3) is 0 Å². The first kappa shape index (κ1) is 12.3. The predicted octanol–water partition coefficient (Wildman–Crippen LogP) is 3.72. The molecule has 1 unspecified atom stereocenters. The number of Topliss-reactive ketones (excluding diaryl/α,β-unsaturated/α-hetero) is 1. The van der Waals surface area contributed by atoms with E-state index >= 15 is 0 Å². The molecular weight excluding hydrogens is 215 g/mol. The summed E-state index contributed by atoms with van der Waals surface area (Å²) < 4.78 is 13.0. The average molecular weight is 234 g/mol. The van der Waals surface area contributed by atoms with Gasteiger partial charge in [-0.15, -0.1) is 0 Å². The Balaban J connectivity index is 2.45. The highest BCUT2D eigenvalue weighted by atomic mass is 19.1. The fraction of sp³-hybridized carbons (Fsp3) is 0.533. The molecule has 0 bridgehead atoms. The fourth-order valence-electron chi connectivity index (χ4n) is 2.90. The van der Waals surface area contributed by atoms with Crippen LogP contribution in [0.2, 0.25) is 0 Å². The highest BCUT2D eigenvalue weighted by Crippen LogP contribution is 2.65. The minimum Gasteiger partial charge on any atom is -0.298 e. The fourth-order valence-corrected chi connectivity index (χ4v) is 2.90. The monoisotopic (exact) mass is 234 g/mol. The van der Waals surface area contributed by atoms with E-state index in [2.05, 4.69) is 13.8 Å². The number of hydrogen-bond donors (Lipinski definition) is 0. The van der Waals surface area contributed by atoms with Gasteiger partial charge in [-0.3, -0.25) is 4.79 Å². The maximum absolute atomic E-state index is 13.0. The molecule has 17 heavy (non-hydrogen) atoms. The zero-order valence-electron chi connectivity index (χ0n) is 10.9. The summed E-state index contributed by atoms with van der Waals surface area (Å²) in [4.78, 5) is 12.4. The second-order valence-electron chi connectivity index (χ2n) is 5.99. The molecule has 2 heteroatoms. The molecule has 0 amide bonds. The van der Waals surface area contributed by atoms with Crippen LogP contribution in [0.5, 0.6) is 0 Å². The lowest BCUT2D eigenvalue weighted by atomic mass is 9.80. The zero-order chi connectivity index (χ0) is 12.8. The summed E-state index contributed by atoms with van der Waals surface area (Å²) in [5, 5.41) is 0. The van der Waals surface area contributed by atoms with Gasteiger partial charge in [-0.1, -0.05) is 39.8 Å². The molecule has 1 saturated carbocycles. The van der Waals surface area contributed by atoms with Crippen molar-refractivity contribution in [2.75, 3.05) is 0 Å². The molecule has 1 aromatic rings. The average Bonchev–Trinajstić information content (AvgIpc) is 2.83. The molecule has 0 N–H and O–H groups in total. The molecule has 1 atom stereocenters. The molecule has 1 fully saturated rings. The normalized spacial score (nSPS) is 26.0. The van der Waals surface area contributed by atoms with Gasteiger partial charge in [-0.2, -0.15) is 0 Å². The molecule has 1 aromatic carbocycles. The Hall–Kier alpha value is -1.18. The maximum Gasteiger partial charge on any atom is 0.146 e. The first-order valence-corrected chi connectivity index (χ1v) is 6.11. The van der Waals surface area contributed by atoms with Crippen molar-refractivity contribution in [1.29, 1.82) is 0 Å². The van der Waals surface area contributed by atoms with E-state index in [4.69, 9.17) is 0 Å². The highest BCUT2D eigenvalue weighted by Gasteiger charge is 2.66. The first-order chi connectivity index (χ1) is 7.81. The van der Waals surface area contributed by atoms with Gasteiger partial charge in [-0.25, -0.2) is 4.39 Å². The number of halogens is 1. The number of hydrogen-bond acceptors (Lipinski definition) is 1. The standard InChI is InChI=1S/C15H19FO/c1-10(2)13(17)15(9-14(15,3)4)11-5-7-12(16)8-6-11/h5-8,10H,9H2,1-4H3. The third-order valence-electron chi connectivity index (χ3n) is 4.02. The van der Waals surface area contributed by atoms with E-state index in [-0.39, 0.29) is 22.9 Å². The van der Waals surface area contributed by atoms with Crippen LogP contribution in [0, 0.1) is 17.2 Å². The summed E-state index contributed by atoms with van der Waals surface area (Å²) >= 11 is 0. The maximum atomic E-state index is 13.0. The SMILES string of the molecule is CC(C)C(=O)C1(c2ccc(F)cc2)CC1(C)C. The lowest BCUT2D eigenvalue weighted by Gasteiger charge is -2.22. The summed E-state index contributed by atoms with van der Waals surface area (Å²) in [7, 11) is 0. The van der Waals surface area contributed by atoms with E-state index in [1.165, 1.54) is 12.1 Å². The minimum absolute atomic E-state index is 0.00776. The lowest BCUT2D eigenvalue weighted by Crippen LogP contribution is -2.29. The quantitative estimate of drug-likeness (QED) is 0.779. The van der Waals surface area contributed by atoms with E-state index < -0.39 is 5.41 Å². The van der Waals surface area contributed by atoms with Gasteiger partial charge < -0.3 is 0 Å². The molecule has 0 aromatic heterocycles. The van der Waals surface area contributed by atoms with E-state index in [0.29, 0.717) is 0 Å². The van der Waals surface area contributed by atoms with Crippen LogP contribution < -0.4 is 0 Å². The van der Waals surface area contributed by atoms with E-state index in [0.717, 1.165) is 12.0 Å². The number of carbonyl (C=O) groups is 1. The van der Waals surface area contributed by atoms with E-state index in [1.807, 2.05) is 13.8 Å². The van der Waals surface area contributed by atoms with Crippen LogP contribution in [-0.2, 0) is 10.2 Å². The van der Waals surface area contributed by atoms with Crippen LogP contribution in [-0.4, -0.2) is 5.78 Å². The topological polar surface area (TPSA) is 17.1 Å². The van der Waals surface area contributed by atoms with E-state index in [9.17, 15) is 9.18 Å². The molecule has 0 saturated heterocycles. The van der Waals surface area contributed by atoms with Crippen molar-refractivity contribution in [3.05, 3.63) is 35.6 Å². The molecule has 0 heterocycles. The molecule has 0 spiro atoms. The highest BCUT2D eigenvalue weighted by molar-refractivity contribution is 5.96. The Morgan fingerprint density at radius 3 is 2.06 bits per heavy atom. The van der Waals surface area contributed by atoms with Gasteiger partial charge in [0.1, 0.15) is 11.6 Å². The summed E-state index contributed by atoms with van der Waals surface area (Å²) in [5.41, 5.74) is 0.559. The Morgan fingerprint density at radius 2 is 1.71 bits per heavy atom. The Labute approximate surface area is 102 Å². The van der Waals surface area contributed by atoms with Crippen LogP contribution >= 0.6 is 0 Å². The Kier molecular flexibility index (Phi) is 2.64. The summed E-state index contributed by atoms with van der Waals surface area (Å²) in [6, 6.07) is 6.40. The predicted molar refractivity (Wildman–Crippen MR) is 66.3 cm³/mol. The van der Waals surface area contributed by atoms with Crippen molar-refractivity contribution in [2.45, 2.75) is 39.5 Å². The molecule has 0 aliphatic heterocycles. The third kappa shape index (κ3) is 1.70. The molecular formula is C15H19FO. The van der Waals surface area contributed by atoms with E-state index in [1.54, 1.807) is 12.1 Å². The van der Waals surface area contributed by atoms with Crippen molar-refractivity contribution in [2.24, 2.45) is 11.3 Å². The first-order valence-electron chi connectivity index (χ1n) is 6.11. The zero-order valence-corrected chi connectivity index (χ0v) is 10.9. The van der Waals surface area contributed by atoms with Gasteiger partial charge in [-0.05, 0) is 29.5 Å². The smallest absolute Gasteiger partial charge is 0.146 e. The third-order valence-corrected chi connectivity index (χ3v) is 4.02. The molecule has 1 aliphatic carbocycles. The molecule has 1 nitrogen and oxygen atoms in total. The Bertz CT molecular complexity index is 444. The van der Waals surface area contributed by atoms with Gasteiger partial charge in [0.25, 0.3) is 0 Å². The minimum atomic E-state index is -0.394. The summed E-state index contributed by atoms with van der Waals surface area (Å²) in [5.74, 6) is 0.0373. The second-order valence-corrected chi connectivity index (χ2v) is 5.99. The van der Waals surface area contributed by atoms with Crippen molar-refractivity contribution >= 4 is 5.78 Å². The van der Waals surface area contributed by atoms with Crippen LogP contribution in [0.15, 0.2) is 24.3 Å². The van der Waals surface area contributed by atoms with Gasteiger partial charge in [0.2, 0.25) is 0 Å². The molecule has 0 radical (unpaired) electrons. The van der Waals surface area contributed by atoms with Crippen molar-refractivity contribution in [1.82, 2.24) is 0 Å². The number of carbonyl (C=O) groups excluding carboxylic acids is 1. The van der Waals surface area contributed by atoms with Crippen LogP contribution in [0.4, 0.5) is 4.39 Å². The number of benzene rings is 1. The number of rotatable bonds is 3. The Morgan fingerprint density at radius 1 is 1.24 bits per heavy atom. The molecule has 92 valence electrons. The van der Waals surface area contributed by atoms with Crippen LogP contribution in [0.3, 0.4) is 0 Å². The second kappa shape index (κ2) is 3.66. The molecule has 2 rings (SSSR count). The largest absolute Gasteiger partial charge is 0.298 e. The van der Waals surface area contributed by atoms with Crippen molar-refractivity contribution in [3.63, 3.8) is 0 Å². The van der Waals surface area contributed by atoms with Crippen LogP contribution in [0.1, 0.15) is 39.7 Å². The van der Waals surface area contributed by atoms with Crippen molar-refractivity contribution in [3.8, 4) is 0 Å². The summed E-state index contributed by atoms with van der Waals surface area (Å²) in [6.07, 6.45) is 0.864. The molecule has 1 aliphatic rings. The van der Waals surface area contributed by atoms with Gasteiger partial charge in [0.05, 0.1) is 5.41 Å². The van der Waals surface area contributed by atoms with Gasteiger partial charge in [0, 0.05) is 5.92 Å².